The number of carbonyl (C=O) groups is 2. The van der Waals surface area contributed by atoms with Gasteiger partial charge in [0, 0.05) is 6.54 Å². The third-order valence-corrected chi connectivity index (χ3v) is 5.56. The van der Waals surface area contributed by atoms with Gasteiger partial charge >= 0.3 is 11.9 Å². The van der Waals surface area contributed by atoms with Crippen molar-refractivity contribution in [2.75, 3.05) is 25.2 Å². The molecule has 1 fully saturated rings. The fraction of sp³-hybridized carbons (Fsp3) is 0.440. The molecule has 31 heavy (non-hydrogen) atoms. The normalized spacial score (nSPS) is 15.8. The molecule has 2 aromatic rings. The second-order valence-electron chi connectivity index (χ2n) is 7.96. The van der Waals surface area contributed by atoms with Gasteiger partial charge in [0.1, 0.15) is 18.4 Å². The maximum absolute atomic E-state index is 13.1. The van der Waals surface area contributed by atoms with Crippen LogP contribution in [0.5, 0.6) is 5.75 Å². The van der Waals surface area contributed by atoms with Crippen LogP contribution in [0.4, 0.5) is 5.69 Å². The lowest BCUT2D eigenvalue weighted by Crippen LogP contribution is -2.38. The molecule has 0 N–H and O–H groups in total. The zero-order valence-electron chi connectivity index (χ0n) is 18.7. The van der Waals surface area contributed by atoms with Gasteiger partial charge in [-0.05, 0) is 61.1 Å². The van der Waals surface area contributed by atoms with Gasteiger partial charge in [0.25, 0.3) is 0 Å². The van der Waals surface area contributed by atoms with Crippen molar-refractivity contribution in [2.45, 2.75) is 52.2 Å². The largest absolute Gasteiger partial charge is 0.497 e. The summed E-state index contributed by atoms with van der Waals surface area (Å²) in [6.07, 6.45) is 1.58. The van der Waals surface area contributed by atoms with E-state index in [1.807, 2.05) is 47.4 Å². The van der Waals surface area contributed by atoms with E-state index in [0.717, 1.165) is 29.0 Å². The molecule has 0 bridgehead atoms. The van der Waals surface area contributed by atoms with Crippen LogP contribution in [-0.2, 0) is 20.9 Å². The number of carbonyl (C=O) groups excluding carboxylic acids is 2. The van der Waals surface area contributed by atoms with Gasteiger partial charge in [-0.1, -0.05) is 32.0 Å². The number of anilines is 1. The van der Waals surface area contributed by atoms with Crippen LogP contribution >= 0.6 is 0 Å². The molecule has 6 heteroatoms. The van der Waals surface area contributed by atoms with Gasteiger partial charge in [-0.25, -0.2) is 9.59 Å². The van der Waals surface area contributed by atoms with Gasteiger partial charge in [-0.15, -0.1) is 0 Å². The van der Waals surface area contributed by atoms with E-state index in [1.165, 1.54) is 0 Å². The molecular weight excluding hydrogens is 394 g/mol. The Morgan fingerprint density at radius 2 is 1.84 bits per heavy atom. The first kappa shape index (κ1) is 22.7. The molecule has 1 aliphatic heterocycles. The van der Waals surface area contributed by atoms with Crippen molar-refractivity contribution < 1.29 is 23.8 Å². The second-order valence-corrected chi connectivity index (χ2v) is 7.96. The Bertz CT molecular complexity index is 907. The third kappa shape index (κ3) is 5.37. The fourth-order valence-electron chi connectivity index (χ4n) is 3.81. The standard InChI is InChI=1S/C25H31NO5/c1-5-30-25(28)23-7-6-14-26(23)22-13-10-19(17(2)3)15-21(22)24(27)31-16-18-8-11-20(29-4)12-9-18/h8-13,15,17,23H,5-7,14,16H2,1-4H3/t23-/m0/s1. The molecule has 0 aliphatic carbocycles. The van der Waals surface area contributed by atoms with E-state index in [2.05, 4.69) is 13.8 Å². The Kier molecular flexibility index (Phi) is 7.55. The SMILES string of the molecule is CCOC(=O)[C@@H]1CCCN1c1ccc(C(C)C)cc1C(=O)OCc1ccc(OC)cc1. The number of rotatable bonds is 8. The van der Waals surface area contributed by atoms with E-state index >= 15 is 0 Å². The maximum atomic E-state index is 13.1. The molecule has 0 aromatic heterocycles. The van der Waals surface area contributed by atoms with Crippen molar-refractivity contribution in [1.29, 1.82) is 0 Å². The first-order valence-electron chi connectivity index (χ1n) is 10.8. The molecule has 1 heterocycles. The lowest BCUT2D eigenvalue weighted by molar-refractivity contribution is -0.144. The third-order valence-electron chi connectivity index (χ3n) is 5.56. The average Bonchev–Trinajstić information content (AvgIpc) is 3.27. The maximum Gasteiger partial charge on any atom is 0.340 e. The van der Waals surface area contributed by atoms with Crippen molar-refractivity contribution in [3.05, 3.63) is 59.2 Å². The lowest BCUT2D eigenvalue weighted by Gasteiger charge is -2.27. The van der Waals surface area contributed by atoms with Crippen LogP contribution in [0.2, 0.25) is 0 Å². The van der Waals surface area contributed by atoms with Crippen LogP contribution in [0.3, 0.4) is 0 Å². The smallest absolute Gasteiger partial charge is 0.340 e. The summed E-state index contributed by atoms with van der Waals surface area (Å²) < 4.78 is 16.1. The molecule has 3 rings (SSSR count). The molecule has 1 aliphatic rings. The second kappa shape index (κ2) is 10.3. The van der Waals surface area contributed by atoms with E-state index in [9.17, 15) is 9.59 Å². The Labute approximate surface area is 184 Å². The topological polar surface area (TPSA) is 65.1 Å². The number of hydrogen-bond acceptors (Lipinski definition) is 6. The fourth-order valence-corrected chi connectivity index (χ4v) is 3.81. The first-order valence-corrected chi connectivity index (χ1v) is 10.8. The van der Waals surface area contributed by atoms with Crippen LogP contribution in [0.1, 0.15) is 61.0 Å². The molecular formula is C25H31NO5. The van der Waals surface area contributed by atoms with E-state index < -0.39 is 5.97 Å². The van der Waals surface area contributed by atoms with Crippen LogP contribution in [0, 0.1) is 0 Å². The molecule has 0 unspecified atom stereocenters. The Balaban J connectivity index is 1.85. The molecule has 0 amide bonds. The minimum Gasteiger partial charge on any atom is -0.497 e. The summed E-state index contributed by atoms with van der Waals surface area (Å²) in [4.78, 5) is 27.5. The molecule has 0 radical (unpaired) electrons. The summed E-state index contributed by atoms with van der Waals surface area (Å²) in [5.74, 6) is 0.371. The van der Waals surface area contributed by atoms with Crippen molar-refractivity contribution >= 4 is 17.6 Å². The molecule has 1 saturated heterocycles. The number of benzene rings is 2. The summed E-state index contributed by atoms with van der Waals surface area (Å²) in [6.45, 7) is 7.17. The van der Waals surface area contributed by atoms with Crippen LogP contribution in [-0.4, -0.2) is 38.2 Å². The van der Waals surface area contributed by atoms with E-state index in [4.69, 9.17) is 14.2 Å². The number of ether oxygens (including phenoxy) is 3. The predicted molar refractivity (Wildman–Crippen MR) is 120 cm³/mol. The van der Waals surface area contributed by atoms with Crippen molar-refractivity contribution in [3.63, 3.8) is 0 Å². The summed E-state index contributed by atoms with van der Waals surface area (Å²) in [5, 5.41) is 0. The number of nitrogens with zero attached hydrogens (tertiary/aromatic N) is 1. The molecule has 166 valence electrons. The predicted octanol–water partition coefficient (Wildman–Crippen LogP) is 4.71. The molecule has 0 spiro atoms. The van der Waals surface area contributed by atoms with Gasteiger partial charge in [0.2, 0.25) is 0 Å². The quantitative estimate of drug-likeness (QED) is 0.571. The van der Waals surface area contributed by atoms with Gasteiger partial charge in [0.15, 0.2) is 0 Å². The summed E-state index contributed by atoms with van der Waals surface area (Å²) in [6, 6.07) is 12.9. The Hall–Kier alpha value is -3.02. The van der Waals surface area contributed by atoms with Gasteiger partial charge in [-0.3, -0.25) is 0 Å². The molecule has 2 aromatic carbocycles. The highest BCUT2D eigenvalue weighted by Gasteiger charge is 2.34. The van der Waals surface area contributed by atoms with E-state index in [-0.39, 0.29) is 24.5 Å². The molecule has 1 atom stereocenters. The summed E-state index contributed by atoms with van der Waals surface area (Å²) >= 11 is 0. The molecule has 6 nitrogen and oxygen atoms in total. The van der Waals surface area contributed by atoms with E-state index in [1.54, 1.807) is 14.0 Å². The van der Waals surface area contributed by atoms with Crippen molar-refractivity contribution in [2.24, 2.45) is 0 Å². The van der Waals surface area contributed by atoms with Crippen LogP contribution in [0.15, 0.2) is 42.5 Å². The number of esters is 2. The van der Waals surface area contributed by atoms with Gasteiger partial charge in [0.05, 0.1) is 25.0 Å². The average molecular weight is 426 g/mol. The Morgan fingerprint density at radius 3 is 2.48 bits per heavy atom. The minimum absolute atomic E-state index is 0.162. The lowest BCUT2D eigenvalue weighted by atomic mass is 9.99. The first-order chi connectivity index (χ1) is 14.9. The van der Waals surface area contributed by atoms with Crippen molar-refractivity contribution in [1.82, 2.24) is 0 Å². The zero-order valence-corrected chi connectivity index (χ0v) is 18.7. The van der Waals surface area contributed by atoms with Crippen LogP contribution in [0.25, 0.3) is 0 Å². The summed E-state index contributed by atoms with van der Waals surface area (Å²) in [5.41, 5.74) is 3.13. The molecule has 0 saturated carbocycles. The van der Waals surface area contributed by atoms with Crippen LogP contribution < -0.4 is 9.64 Å². The highest BCUT2D eigenvalue weighted by atomic mass is 16.5. The highest BCUT2D eigenvalue weighted by Crippen LogP contribution is 2.32. The van der Waals surface area contributed by atoms with Gasteiger partial charge in [-0.2, -0.15) is 0 Å². The van der Waals surface area contributed by atoms with E-state index in [0.29, 0.717) is 25.1 Å². The Morgan fingerprint density at radius 1 is 1.10 bits per heavy atom. The zero-order chi connectivity index (χ0) is 22.4. The number of hydrogen-bond donors (Lipinski definition) is 0. The number of methoxy groups -OCH3 is 1. The highest BCUT2D eigenvalue weighted by molar-refractivity contribution is 5.97. The van der Waals surface area contributed by atoms with Crippen molar-refractivity contribution in [3.8, 4) is 5.75 Å². The summed E-state index contributed by atoms with van der Waals surface area (Å²) in [7, 11) is 1.61. The monoisotopic (exact) mass is 425 g/mol. The minimum atomic E-state index is -0.400. The van der Waals surface area contributed by atoms with Gasteiger partial charge < -0.3 is 19.1 Å².